The molecule has 3 nitrogen and oxygen atoms in total. The number of nitrogens with one attached hydrogen (secondary N) is 1. The van der Waals surface area contributed by atoms with E-state index in [9.17, 15) is 4.79 Å². The minimum Gasteiger partial charge on any atom is -0.347 e. The van der Waals surface area contributed by atoms with Gasteiger partial charge < -0.3 is 11.1 Å². The molecule has 0 saturated heterocycles. The van der Waals surface area contributed by atoms with Gasteiger partial charge in [0, 0.05) is 23.1 Å². The van der Waals surface area contributed by atoms with Crippen molar-refractivity contribution in [3.05, 3.63) is 46.5 Å². The Labute approximate surface area is 97.5 Å². The molecule has 1 aromatic carbocycles. The molecule has 0 aliphatic carbocycles. The van der Waals surface area contributed by atoms with Crippen LogP contribution in [-0.2, 0) is 6.54 Å². The van der Waals surface area contributed by atoms with E-state index in [4.69, 9.17) is 5.73 Å². The van der Waals surface area contributed by atoms with Crippen molar-refractivity contribution in [1.82, 2.24) is 5.32 Å². The highest BCUT2D eigenvalue weighted by atomic mass is 79.9. The molecule has 3 N–H and O–H groups in total. The van der Waals surface area contributed by atoms with Crippen LogP contribution in [0.4, 0.5) is 0 Å². The fraction of sp³-hybridized carbons (Fsp3) is 0.182. The molecule has 0 radical (unpaired) electrons. The summed E-state index contributed by atoms with van der Waals surface area (Å²) in [5.74, 6) is -0.112. The van der Waals surface area contributed by atoms with Crippen molar-refractivity contribution >= 4 is 21.8 Å². The van der Waals surface area contributed by atoms with Crippen LogP contribution in [0, 0.1) is 0 Å². The lowest BCUT2D eigenvalue weighted by Crippen LogP contribution is -2.24. The van der Waals surface area contributed by atoms with Crippen LogP contribution in [0.1, 0.15) is 15.9 Å². The molecule has 0 unspecified atom stereocenters. The Bertz CT molecular complexity index is 359. The number of benzene rings is 1. The third-order valence-corrected chi connectivity index (χ3v) is 2.17. The van der Waals surface area contributed by atoms with Gasteiger partial charge in [0.2, 0.25) is 0 Å². The van der Waals surface area contributed by atoms with Crippen molar-refractivity contribution < 1.29 is 4.79 Å². The van der Waals surface area contributed by atoms with Gasteiger partial charge in [0.15, 0.2) is 0 Å². The average Bonchev–Trinajstić information content (AvgIpc) is 2.26. The molecule has 0 saturated carbocycles. The molecule has 0 spiro atoms. The largest absolute Gasteiger partial charge is 0.347 e. The SMILES string of the molecule is C=C(Br)CNC(=O)c1ccc(CN)cc1. The van der Waals surface area contributed by atoms with Gasteiger partial charge in [-0.05, 0) is 17.7 Å². The van der Waals surface area contributed by atoms with Crippen LogP contribution >= 0.6 is 15.9 Å². The van der Waals surface area contributed by atoms with Crippen molar-refractivity contribution in [3.8, 4) is 0 Å². The van der Waals surface area contributed by atoms with E-state index in [2.05, 4.69) is 27.8 Å². The Hall–Kier alpha value is -1.13. The topological polar surface area (TPSA) is 55.1 Å². The molecule has 0 aliphatic heterocycles. The molecule has 0 heterocycles. The Morgan fingerprint density at radius 3 is 2.47 bits per heavy atom. The zero-order valence-electron chi connectivity index (χ0n) is 8.29. The van der Waals surface area contributed by atoms with Crippen LogP contribution < -0.4 is 11.1 Å². The molecule has 4 heteroatoms. The van der Waals surface area contributed by atoms with E-state index < -0.39 is 0 Å². The van der Waals surface area contributed by atoms with Gasteiger partial charge in [-0.1, -0.05) is 34.6 Å². The lowest BCUT2D eigenvalue weighted by Gasteiger charge is -2.04. The first-order valence-electron chi connectivity index (χ1n) is 4.54. The standard InChI is InChI=1S/C11H13BrN2O/c1-8(12)7-14-11(15)10-4-2-9(6-13)3-5-10/h2-5H,1,6-7,13H2,(H,14,15). The predicted octanol–water partition coefficient (Wildman–Crippen LogP) is 1.78. The summed E-state index contributed by atoms with van der Waals surface area (Å²) in [7, 11) is 0. The van der Waals surface area contributed by atoms with E-state index >= 15 is 0 Å². The van der Waals surface area contributed by atoms with Crippen LogP contribution in [0.2, 0.25) is 0 Å². The zero-order valence-corrected chi connectivity index (χ0v) is 9.88. The van der Waals surface area contributed by atoms with Crippen LogP contribution in [0.3, 0.4) is 0 Å². The number of hydrogen-bond acceptors (Lipinski definition) is 2. The van der Waals surface area contributed by atoms with Gasteiger partial charge in [-0.25, -0.2) is 0 Å². The Kier molecular flexibility index (Phi) is 4.52. The predicted molar refractivity (Wildman–Crippen MR) is 64.7 cm³/mol. The first-order valence-corrected chi connectivity index (χ1v) is 5.33. The first-order chi connectivity index (χ1) is 7.13. The summed E-state index contributed by atoms with van der Waals surface area (Å²) in [6.07, 6.45) is 0. The Balaban J connectivity index is 2.62. The summed E-state index contributed by atoms with van der Waals surface area (Å²) >= 11 is 3.17. The van der Waals surface area contributed by atoms with Crippen molar-refractivity contribution in [2.24, 2.45) is 5.73 Å². The molecule has 1 aromatic rings. The van der Waals surface area contributed by atoms with Crippen molar-refractivity contribution in [1.29, 1.82) is 0 Å². The van der Waals surface area contributed by atoms with E-state index in [1.54, 1.807) is 12.1 Å². The number of carbonyl (C=O) groups is 1. The highest BCUT2D eigenvalue weighted by molar-refractivity contribution is 9.11. The maximum absolute atomic E-state index is 11.5. The van der Waals surface area contributed by atoms with Crippen molar-refractivity contribution in [3.63, 3.8) is 0 Å². The first kappa shape index (κ1) is 11.9. The summed E-state index contributed by atoms with van der Waals surface area (Å²) < 4.78 is 0.745. The molecule has 0 atom stereocenters. The summed E-state index contributed by atoms with van der Waals surface area (Å²) in [5, 5.41) is 2.72. The van der Waals surface area contributed by atoms with Gasteiger partial charge in [0.25, 0.3) is 5.91 Å². The second-order valence-corrected chi connectivity index (χ2v) is 4.22. The van der Waals surface area contributed by atoms with Gasteiger partial charge in [-0.15, -0.1) is 0 Å². The molecule has 0 bridgehead atoms. The lowest BCUT2D eigenvalue weighted by molar-refractivity contribution is 0.0958. The molecule has 1 amide bonds. The molecular weight excluding hydrogens is 256 g/mol. The van der Waals surface area contributed by atoms with Crippen molar-refractivity contribution in [2.75, 3.05) is 6.54 Å². The molecule has 0 aliphatic rings. The van der Waals surface area contributed by atoms with Crippen molar-refractivity contribution in [2.45, 2.75) is 6.54 Å². The van der Waals surface area contributed by atoms with Gasteiger partial charge in [-0.2, -0.15) is 0 Å². The fourth-order valence-corrected chi connectivity index (χ4v) is 1.21. The summed E-state index contributed by atoms with van der Waals surface area (Å²) in [5.41, 5.74) is 7.09. The second-order valence-electron chi connectivity index (χ2n) is 3.10. The zero-order chi connectivity index (χ0) is 11.3. The number of carbonyl (C=O) groups excluding carboxylic acids is 1. The summed E-state index contributed by atoms with van der Waals surface area (Å²) in [6, 6.07) is 7.21. The van der Waals surface area contributed by atoms with E-state index in [0.717, 1.165) is 10.0 Å². The van der Waals surface area contributed by atoms with E-state index in [1.807, 2.05) is 12.1 Å². The second kappa shape index (κ2) is 5.68. The number of nitrogens with two attached hydrogens (primary N) is 1. The van der Waals surface area contributed by atoms with E-state index in [1.165, 1.54) is 0 Å². The highest BCUT2D eigenvalue weighted by Crippen LogP contribution is 2.04. The van der Waals surface area contributed by atoms with Crippen LogP contribution in [0.5, 0.6) is 0 Å². The number of halogens is 1. The van der Waals surface area contributed by atoms with Gasteiger partial charge in [-0.3, -0.25) is 4.79 Å². The van der Waals surface area contributed by atoms with Crippen LogP contribution in [0.15, 0.2) is 35.3 Å². The smallest absolute Gasteiger partial charge is 0.251 e. The normalized spacial score (nSPS) is 9.73. The maximum atomic E-state index is 11.5. The summed E-state index contributed by atoms with van der Waals surface area (Å²) in [6.45, 7) is 4.55. The highest BCUT2D eigenvalue weighted by Gasteiger charge is 2.04. The Morgan fingerprint density at radius 1 is 1.40 bits per heavy atom. The average molecular weight is 269 g/mol. The van der Waals surface area contributed by atoms with Gasteiger partial charge in [0.05, 0.1) is 0 Å². The van der Waals surface area contributed by atoms with Crippen LogP contribution in [0.25, 0.3) is 0 Å². The quantitative estimate of drug-likeness (QED) is 0.875. The van der Waals surface area contributed by atoms with Gasteiger partial charge >= 0.3 is 0 Å². The molecule has 0 fully saturated rings. The number of hydrogen-bond donors (Lipinski definition) is 2. The maximum Gasteiger partial charge on any atom is 0.251 e. The van der Waals surface area contributed by atoms with E-state index in [0.29, 0.717) is 18.7 Å². The Morgan fingerprint density at radius 2 is 2.00 bits per heavy atom. The van der Waals surface area contributed by atoms with Crippen LogP contribution in [-0.4, -0.2) is 12.5 Å². The third-order valence-electron chi connectivity index (χ3n) is 1.89. The molecule has 0 aromatic heterocycles. The molecule has 80 valence electrons. The fourth-order valence-electron chi connectivity index (χ4n) is 1.07. The summed E-state index contributed by atoms with van der Waals surface area (Å²) in [4.78, 5) is 11.5. The third kappa shape index (κ3) is 3.85. The van der Waals surface area contributed by atoms with E-state index in [-0.39, 0.29) is 5.91 Å². The minimum atomic E-state index is -0.112. The number of amides is 1. The molecular formula is C11H13BrN2O. The lowest BCUT2D eigenvalue weighted by atomic mass is 10.1. The molecule has 1 rings (SSSR count). The van der Waals surface area contributed by atoms with Gasteiger partial charge in [0.1, 0.15) is 0 Å². The minimum absolute atomic E-state index is 0.112. The monoisotopic (exact) mass is 268 g/mol. The number of rotatable bonds is 4. The molecule has 15 heavy (non-hydrogen) atoms.